The van der Waals surface area contributed by atoms with Crippen molar-refractivity contribution in [2.75, 3.05) is 18.0 Å². The third-order valence-electron chi connectivity index (χ3n) is 3.05. The van der Waals surface area contributed by atoms with Crippen molar-refractivity contribution in [3.63, 3.8) is 0 Å². The topological polar surface area (TPSA) is 73.3 Å². The fourth-order valence-electron chi connectivity index (χ4n) is 2.02. The summed E-state index contributed by atoms with van der Waals surface area (Å²) in [5.41, 5.74) is 5.22. The molecule has 0 aliphatic carbocycles. The zero-order valence-corrected chi connectivity index (χ0v) is 9.51. The summed E-state index contributed by atoms with van der Waals surface area (Å²) in [7, 11) is 3.14. The molecule has 1 saturated heterocycles. The highest BCUT2D eigenvalue weighted by atomic mass is 16.2. The van der Waals surface area contributed by atoms with Crippen LogP contribution in [0.5, 0.6) is 0 Å². The summed E-state index contributed by atoms with van der Waals surface area (Å²) in [5, 5.41) is 0. The summed E-state index contributed by atoms with van der Waals surface area (Å²) in [6, 6.07) is 1.61. The number of aromatic nitrogens is 2. The molecule has 1 aromatic heterocycles. The maximum atomic E-state index is 11.7. The molecule has 1 fully saturated rings. The lowest BCUT2D eigenvalue weighted by Crippen LogP contribution is -2.40. The van der Waals surface area contributed by atoms with Crippen molar-refractivity contribution in [2.45, 2.75) is 12.5 Å². The highest BCUT2D eigenvalue weighted by Gasteiger charge is 2.22. The first-order valence-corrected chi connectivity index (χ1v) is 5.28. The van der Waals surface area contributed by atoms with Gasteiger partial charge in [0.25, 0.3) is 5.56 Å². The van der Waals surface area contributed by atoms with E-state index < -0.39 is 0 Å². The monoisotopic (exact) mass is 224 g/mol. The summed E-state index contributed by atoms with van der Waals surface area (Å²) in [6.07, 6.45) is 0.892. The van der Waals surface area contributed by atoms with E-state index in [0.29, 0.717) is 12.4 Å². The molecule has 2 heterocycles. The minimum atomic E-state index is -0.303. The molecule has 2 rings (SSSR count). The van der Waals surface area contributed by atoms with Gasteiger partial charge >= 0.3 is 5.69 Å². The van der Waals surface area contributed by atoms with E-state index in [4.69, 9.17) is 5.73 Å². The van der Waals surface area contributed by atoms with E-state index in [0.717, 1.165) is 17.5 Å². The van der Waals surface area contributed by atoms with Crippen molar-refractivity contribution in [3.05, 3.63) is 26.9 Å². The molecule has 1 unspecified atom stereocenters. The van der Waals surface area contributed by atoms with Crippen LogP contribution in [0.4, 0.5) is 5.82 Å². The van der Waals surface area contributed by atoms with Crippen LogP contribution < -0.4 is 21.9 Å². The second-order valence-corrected chi connectivity index (χ2v) is 4.24. The fraction of sp³-hybridized carbons (Fsp3) is 0.600. The SMILES string of the molecule is Cn1c(N2CCC(N)C2)cc(=O)n(C)c1=O. The van der Waals surface area contributed by atoms with Gasteiger partial charge in [0.15, 0.2) is 0 Å². The molecule has 1 atom stereocenters. The highest BCUT2D eigenvalue weighted by Crippen LogP contribution is 2.15. The second-order valence-electron chi connectivity index (χ2n) is 4.24. The first-order chi connectivity index (χ1) is 7.50. The fourth-order valence-corrected chi connectivity index (χ4v) is 2.02. The summed E-state index contributed by atoms with van der Waals surface area (Å²) in [4.78, 5) is 25.2. The standard InChI is InChI=1S/C10H16N4O2/c1-12-8(14-4-3-7(11)6-14)5-9(15)13(2)10(12)16/h5,7H,3-4,6,11H2,1-2H3. The van der Waals surface area contributed by atoms with E-state index in [1.165, 1.54) is 17.7 Å². The normalized spacial score (nSPS) is 20.4. The van der Waals surface area contributed by atoms with Gasteiger partial charge in [-0.25, -0.2) is 4.79 Å². The van der Waals surface area contributed by atoms with Crippen molar-refractivity contribution in [2.24, 2.45) is 19.8 Å². The Morgan fingerprint density at radius 3 is 2.56 bits per heavy atom. The Morgan fingerprint density at radius 1 is 1.31 bits per heavy atom. The van der Waals surface area contributed by atoms with E-state index in [2.05, 4.69) is 0 Å². The third-order valence-corrected chi connectivity index (χ3v) is 3.05. The van der Waals surface area contributed by atoms with E-state index in [1.54, 1.807) is 7.05 Å². The quantitative estimate of drug-likeness (QED) is 0.638. The van der Waals surface area contributed by atoms with E-state index in [1.807, 2.05) is 4.90 Å². The Hall–Kier alpha value is -1.56. The Labute approximate surface area is 92.9 Å². The molecule has 6 nitrogen and oxygen atoms in total. The molecule has 2 N–H and O–H groups in total. The minimum absolute atomic E-state index is 0.124. The van der Waals surface area contributed by atoms with Crippen LogP contribution in [0.25, 0.3) is 0 Å². The molecule has 16 heavy (non-hydrogen) atoms. The number of hydrogen-bond acceptors (Lipinski definition) is 4. The molecule has 6 heteroatoms. The maximum absolute atomic E-state index is 11.7. The molecule has 1 aliphatic heterocycles. The maximum Gasteiger partial charge on any atom is 0.332 e. The molecule has 0 aromatic carbocycles. The van der Waals surface area contributed by atoms with Crippen LogP contribution in [0, 0.1) is 0 Å². The molecular formula is C10H16N4O2. The number of rotatable bonds is 1. The lowest BCUT2D eigenvalue weighted by molar-refractivity contribution is 0.671. The molecule has 88 valence electrons. The molecule has 0 amide bonds. The molecule has 1 aliphatic rings. The molecule has 0 bridgehead atoms. The average Bonchev–Trinajstić information content (AvgIpc) is 2.67. The van der Waals surface area contributed by atoms with E-state index >= 15 is 0 Å². The van der Waals surface area contributed by atoms with Gasteiger partial charge in [-0.2, -0.15) is 0 Å². The number of nitrogens with zero attached hydrogens (tertiary/aromatic N) is 3. The third kappa shape index (κ3) is 1.65. The lowest BCUT2D eigenvalue weighted by atomic mass is 10.3. The van der Waals surface area contributed by atoms with Gasteiger partial charge in [0.1, 0.15) is 5.82 Å². The Bertz CT molecular complexity index is 517. The van der Waals surface area contributed by atoms with E-state index in [-0.39, 0.29) is 17.3 Å². The molecule has 0 saturated carbocycles. The minimum Gasteiger partial charge on any atom is -0.356 e. The smallest absolute Gasteiger partial charge is 0.332 e. The van der Waals surface area contributed by atoms with Crippen LogP contribution in [0.15, 0.2) is 15.7 Å². The Kier molecular flexibility index (Phi) is 2.59. The Balaban J connectivity index is 2.50. The second kappa shape index (κ2) is 3.79. The van der Waals surface area contributed by atoms with Crippen LogP contribution >= 0.6 is 0 Å². The first kappa shape index (κ1) is 10.9. The average molecular weight is 224 g/mol. The van der Waals surface area contributed by atoms with Gasteiger partial charge in [-0.05, 0) is 6.42 Å². The van der Waals surface area contributed by atoms with Crippen molar-refractivity contribution >= 4 is 5.82 Å². The highest BCUT2D eigenvalue weighted by molar-refractivity contribution is 5.40. The van der Waals surface area contributed by atoms with Crippen LogP contribution in [0.2, 0.25) is 0 Å². The zero-order chi connectivity index (χ0) is 11.9. The van der Waals surface area contributed by atoms with Crippen molar-refractivity contribution < 1.29 is 0 Å². The Morgan fingerprint density at radius 2 is 2.00 bits per heavy atom. The lowest BCUT2D eigenvalue weighted by Gasteiger charge is -2.20. The summed E-state index contributed by atoms with van der Waals surface area (Å²) < 4.78 is 2.58. The van der Waals surface area contributed by atoms with Gasteiger partial charge in [0, 0.05) is 39.3 Å². The van der Waals surface area contributed by atoms with Gasteiger partial charge < -0.3 is 10.6 Å². The number of anilines is 1. The van der Waals surface area contributed by atoms with Crippen LogP contribution in [0.3, 0.4) is 0 Å². The summed E-state index contributed by atoms with van der Waals surface area (Å²) >= 11 is 0. The largest absolute Gasteiger partial charge is 0.356 e. The number of hydrogen-bond donors (Lipinski definition) is 1. The van der Waals surface area contributed by atoms with E-state index in [9.17, 15) is 9.59 Å². The summed E-state index contributed by atoms with van der Waals surface area (Å²) in [6.45, 7) is 1.49. The van der Waals surface area contributed by atoms with Gasteiger partial charge in [0.2, 0.25) is 0 Å². The van der Waals surface area contributed by atoms with Gasteiger partial charge in [-0.1, -0.05) is 0 Å². The predicted molar refractivity (Wildman–Crippen MR) is 61.7 cm³/mol. The predicted octanol–water partition coefficient (Wildman–Crippen LogP) is -1.38. The van der Waals surface area contributed by atoms with Crippen LogP contribution in [-0.2, 0) is 14.1 Å². The first-order valence-electron chi connectivity index (χ1n) is 5.28. The zero-order valence-electron chi connectivity index (χ0n) is 9.51. The molecule has 0 radical (unpaired) electrons. The molecular weight excluding hydrogens is 208 g/mol. The summed E-state index contributed by atoms with van der Waals surface area (Å²) in [5.74, 6) is 0.654. The van der Waals surface area contributed by atoms with Gasteiger partial charge in [0.05, 0.1) is 0 Å². The molecule has 0 spiro atoms. The van der Waals surface area contributed by atoms with Crippen molar-refractivity contribution in [1.82, 2.24) is 9.13 Å². The van der Waals surface area contributed by atoms with Crippen molar-refractivity contribution in [1.29, 1.82) is 0 Å². The van der Waals surface area contributed by atoms with Gasteiger partial charge in [-0.15, -0.1) is 0 Å². The van der Waals surface area contributed by atoms with Gasteiger partial charge in [-0.3, -0.25) is 13.9 Å². The number of nitrogens with two attached hydrogens (primary N) is 1. The molecule has 1 aromatic rings. The van der Waals surface area contributed by atoms with Crippen LogP contribution in [0.1, 0.15) is 6.42 Å². The van der Waals surface area contributed by atoms with Crippen molar-refractivity contribution in [3.8, 4) is 0 Å². The van der Waals surface area contributed by atoms with Crippen LogP contribution in [-0.4, -0.2) is 28.3 Å².